The van der Waals surface area contributed by atoms with Gasteiger partial charge in [0.25, 0.3) is 0 Å². The fourth-order valence-electron chi connectivity index (χ4n) is 3.71. The number of nitrogens with one attached hydrogen (secondary N) is 1. The van der Waals surface area contributed by atoms with Gasteiger partial charge >= 0.3 is 0 Å². The summed E-state index contributed by atoms with van der Waals surface area (Å²) in [5.41, 5.74) is 3.89. The van der Waals surface area contributed by atoms with Gasteiger partial charge < -0.3 is 14.2 Å². The summed E-state index contributed by atoms with van der Waals surface area (Å²) in [6, 6.07) is 18.9. The monoisotopic (exact) mass is 437 g/mol. The Labute approximate surface area is 182 Å². The van der Waals surface area contributed by atoms with E-state index in [9.17, 15) is 8.42 Å². The van der Waals surface area contributed by atoms with Gasteiger partial charge in [-0.15, -0.1) is 0 Å². The maximum Gasteiger partial charge on any atom is 0.229 e. The molecule has 160 valence electrons. The molecule has 7 heteroatoms. The van der Waals surface area contributed by atoms with Gasteiger partial charge in [-0.1, -0.05) is 49.1 Å². The summed E-state index contributed by atoms with van der Waals surface area (Å²) in [7, 11) is -1.84. The highest BCUT2D eigenvalue weighted by atomic mass is 32.2. The van der Waals surface area contributed by atoms with Crippen LogP contribution < -0.4 is 18.9 Å². The summed E-state index contributed by atoms with van der Waals surface area (Å²) in [5.74, 6) is 1.79. The van der Waals surface area contributed by atoms with Crippen molar-refractivity contribution in [3.05, 3.63) is 84.4 Å². The van der Waals surface area contributed by atoms with E-state index in [1.54, 1.807) is 25.3 Å². The van der Waals surface area contributed by atoms with Crippen LogP contribution in [0, 0.1) is 0 Å². The highest BCUT2D eigenvalue weighted by molar-refractivity contribution is 7.92. The van der Waals surface area contributed by atoms with Crippen molar-refractivity contribution in [2.24, 2.45) is 0 Å². The average Bonchev–Trinajstić information content (AvgIpc) is 2.76. The van der Waals surface area contributed by atoms with Gasteiger partial charge in [-0.05, 0) is 35.4 Å². The minimum absolute atomic E-state index is 0.340. The molecule has 1 aliphatic heterocycles. The molecule has 0 amide bonds. The van der Waals surface area contributed by atoms with Crippen LogP contribution in [0.15, 0.2) is 73.3 Å². The SMILES string of the molecule is C=CCOc1ccc2c(c1OC)-c1ccc(NS(C)(=O)=O)cc1C(c1ccccc1)O2. The van der Waals surface area contributed by atoms with E-state index < -0.39 is 16.1 Å². The van der Waals surface area contributed by atoms with Crippen LogP contribution in [0.2, 0.25) is 0 Å². The van der Waals surface area contributed by atoms with E-state index in [2.05, 4.69) is 11.3 Å². The third-order valence-corrected chi connectivity index (χ3v) is 5.50. The Morgan fingerprint density at radius 2 is 1.90 bits per heavy atom. The van der Waals surface area contributed by atoms with Crippen molar-refractivity contribution in [1.82, 2.24) is 0 Å². The first-order valence-corrected chi connectivity index (χ1v) is 11.6. The van der Waals surface area contributed by atoms with Gasteiger partial charge in [-0.25, -0.2) is 8.42 Å². The van der Waals surface area contributed by atoms with E-state index >= 15 is 0 Å². The number of hydrogen-bond donors (Lipinski definition) is 1. The molecule has 6 nitrogen and oxygen atoms in total. The zero-order chi connectivity index (χ0) is 22.0. The first kappa shape index (κ1) is 20.8. The van der Waals surface area contributed by atoms with Gasteiger partial charge in [-0.3, -0.25) is 4.72 Å². The zero-order valence-electron chi connectivity index (χ0n) is 17.3. The predicted molar refractivity (Wildman–Crippen MR) is 122 cm³/mol. The van der Waals surface area contributed by atoms with Crippen LogP contribution in [-0.2, 0) is 10.0 Å². The van der Waals surface area contributed by atoms with Crippen LogP contribution in [0.5, 0.6) is 17.2 Å². The fourth-order valence-corrected chi connectivity index (χ4v) is 4.27. The van der Waals surface area contributed by atoms with E-state index in [1.807, 2.05) is 48.5 Å². The highest BCUT2D eigenvalue weighted by Gasteiger charge is 2.31. The van der Waals surface area contributed by atoms with E-state index in [0.717, 1.165) is 28.5 Å². The molecule has 1 heterocycles. The maximum absolute atomic E-state index is 11.8. The normalized spacial score (nSPS) is 14.6. The molecule has 3 aromatic carbocycles. The lowest BCUT2D eigenvalue weighted by Crippen LogP contribution is -2.17. The van der Waals surface area contributed by atoms with E-state index in [0.29, 0.717) is 29.5 Å². The number of fused-ring (bicyclic) bond motifs is 3. The van der Waals surface area contributed by atoms with E-state index in [1.165, 1.54) is 0 Å². The molecule has 0 spiro atoms. The molecule has 1 unspecified atom stereocenters. The molecule has 0 aromatic heterocycles. The van der Waals surface area contributed by atoms with Crippen LogP contribution in [0.4, 0.5) is 5.69 Å². The summed E-state index contributed by atoms with van der Waals surface area (Å²) >= 11 is 0. The second kappa shape index (κ2) is 8.35. The topological polar surface area (TPSA) is 73.9 Å². The Hall–Kier alpha value is -3.45. The van der Waals surface area contributed by atoms with Crippen molar-refractivity contribution in [2.75, 3.05) is 24.7 Å². The highest BCUT2D eigenvalue weighted by Crippen LogP contribution is 2.52. The number of anilines is 1. The van der Waals surface area contributed by atoms with Gasteiger partial charge in [-0.2, -0.15) is 0 Å². The molecule has 4 rings (SSSR count). The molecule has 0 saturated heterocycles. The number of ether oxygens (including phenoxy) is 3. The summed E-state index contributed by atoms with van der Waals surface area (Å²) in [6.07, 6.45) is 2.38. The smallest absolute Gasteiger partial charge is 0.229 e. The first-order valence-electron chi connectivity index (χ1n) is 9.69. The molecule has 0 bridgehead atoms. The second-order valence-corrected chi connectivity index (χ2v) is 8.90. The van der Waals surface area contributed by atoms with E-state index in [-0.39, 0.29) is 0 Å². The van der Waals surface area contributed by atoms with Crippen molar-refractivity contribution >= 4 is 15.7 Å². The molecule has 31 heavy (non-hydrogen) atoms. The van der Waals surface area contributed by atoms with Crippen LogP contribution in [0.25, 0.3) is 11.1 Å². The minimum Gasteiger partial charge on any atom is -0.492 e. The third kappa shape index (κ3) is 4.22. The molecule has 0 fully saturated rings. The van der Waals surface area contributed by atoms with Crippen molar-refractivity contribution < 1.29 is 22.6 Å². The molecule has 1 atom stereocenters. The minimum atomic E-state index is -3.42. The van der Waals surface area contributed by atoms with E-state index in [4.69, 9.17) is 14.2 Å². The van der Waals surface area contributed by atoms with Gasteiger partial charge in [0, 0.05) is 11.3 Å². The van der Waals surface area contributed by atoms with Gasteiger partial charge in [0.15, 0.2) is 11.5 Å². The number of sulfonamides is 1. The zero-order valence-corrected chi connectivity index (χ0v) is 18.1. The lowest BCUT2D eigenvalue weighted by molar-refractivity contribution is 0.240. The summed E-state index contributed by atoms with van der Waals surface area (Å²) in [6.45, 7) is 4.03. The fraction of sp³-hybridized carbons (Fsp3) is 0.167. The summed E-state index contributed by atoms with van der Waals surface area (Å²) < 4.78 is 44.0. The largest absolute Gasteiger partial charge is 0.492 e. The van der Waals surface area contributed by atoms with Crippen molar-refractivity contribution in [1.29, 1.82) is 0 Å². The Morgan fingerprint density at radius 3 is 2.58 bits per heavy atom. The average molecular weight is 438 g/mol. The molecular weight excluding hydrogens is 414 g/mol. The number of rotatable bonds is 7. The van der Waals surface area contributed by atoms with Gasteiger partial charge in [0.2, 0.25) is 10.0 Å². The lowest BCUT2D eigenvalue weighted by atomic mass is 9.88. The van der Waals surface area contributed by atoms with Crippen LogP contribution in [0.3, 0.4) is 0 Å². The third-order valence-electron chi connectivity index (χ3n) is 4.90. The molecule has 1 N–H and O–H groups in total. The molecule has 0 radical (unpaired) electrons. The Morgan fingerprint density at radius 1 is 1.13 bits per heavy atom. The summed E-state index contributed by atoms with van der Waals surface area (Å²) in [4.78, 5) is 0. The molecule has 3 aromatic rings. The summed E-state index contributed by atoms with van der Waals surface area (Å²) in [5, 5.41) is 0. The number of benzene rings is 3. The molecule has 1 aliphatic rings. The standard InChI is InChI=1S/C24H23NO5S/c1-4-14-29-21-13-12-20-22(24(21)28-2)18-11-10-17(25-31(3,26)27)15-19(18)23(30-20)16-8-6-5-7-9-16/h4-13,15,23,25H,1,14H2,2-3H3. The predicted octanol–water partition coefficient (Wildman–Crippen LogP) is 4.78. The molecular formula is C24H23NO5S. The first-order chi connectivity index (χ1) is 14.9. The maximum atomic E-state index is 11.8. The van der Waals surface area contributed by atoms with Gasteiger partial charge in [0.05, 0.1) is 18.9 Å². The quantitative estimate of drug-likeness (QED) is 0.539. The molecule has 0 saturated carbocycles. The van der Waals surface area contributed by atoms with Crippen molar-refractivity contribution in [3.8, 4) is 28.4 Å². The molecule has 0 aliphatic carbocycles. The Balaban J connectivity index is 1.92. The second-order valence-electron chi connectivity index (χ2n) is 7.15. The lowest BCUT2D eigenvalue weighted by Gasteiger charge is -2.31. The van der Waals surface area contributed by atoms with Gasteiger partial charge in [0.1, 0.15) is 18.5 Å². The van der Waals surface area contributed by atoms with Crippen LogP contribution in [-0.4, -0.2) is 28.4 Å². The number of hydrogen-bond acceptors (Lipinski definition) is 5. The number of methoxy groups -OCH3 is 1. The van der Waals surface area contributed by atoms with Crippen LogP contribution >= 0.6 is 0 Å². The Bertz CT molecular complexity index is 1220. The van der Waals surface area contributed by atoms with Crippen molar-refractivity contribution in [2.45, 2.75) is 6.10 Å². The van der Waals surface area contributed by atoms with Crippen LogP contribution in [0.1, 0.15) is 17.2 Å². The Kier molecular flexibility index (Phi) is 5.61. The van der Waals surface area contributed by atoms with Crippen molar-refractivity contribution in [3.63, 3.8) is 0 Å².